The van der Waals surface area contributed by atoms with Crippen LogP contribution in [0.4, 0.5) is 0 Å². The minimum absolute atomic E-state index is 1.71. The van der Waals surface area contributed by atoms with Crippen molar-refractivity contribution < 1.29 is 0 Å². The highest BCUT2D eigenvalue weighted by atomic mass is 14.6. The maximum Gasteiger partial charge on any atom is 0.0268 e. The molecule has 0 aliphatic carbocycles. The fraction of sp³-hybridized carbons (Fsp3) is 0. The van der Waals surface area contributed by atoms with E-state index in [1.165, 1.54) is 0 Å². The molecule has 1 rings (SSSR count). The zero-order valence-electron chi connectivity index (χ0n) is 5.51. The number of hydrogen-bond acceptors (Lipinski definition) is 2. The lowest BCUT2D eigenvalue weighted by Gasteiger charge is -1.70. The molecular formula is C8H8N2. The van der Waals surface area contributed by atoms with Gasteiger partial charge in [0.05, 0.1) is 0 Å². The van der Waals surface area contributed by atoms with Crippen molar-refractivity contribution in [2.75, 3.05) is 0 Å². The molecule has 0 spiro atoms. The first-order valence-corrected chi connectivity index (χ1v) is 3.03. The lowest BCUT2D eigenvalue weighted by molar-refractivity contribution is 1.31. The van der Waals surface area contributed by atoms with Gasteiger partial charge in [0, 0.05) is 24.8 Å². The van der Waals surface area contributed by atoms with E-state index < -0.39 is 0 Å². The van der Waals surface area contributed by atoms with E-state index in [4.69, 9.17) is 0 Å². The number of hydrogen-bond donors (Lipinski definition) is 0. The second-order valence-electron chi connectivity index (χ2n) is 1.66. The average Bonchev–Trinajstić information content (AvgIpc) is 2.01. The summed E-state index contributed by atoms with van der Waals surface area (Å²) in [5, 5.41) is 0. The highest BCUT2D eigenvalue weighted by Gasteiger charge is 1.59. The van der Waals surface area contributed by atoms with Crippen LogP contribution in [-0.4, -0.2) is 9.97 Å². The fourth-order valence-corrected chi connectivity index (χ4v) is 0.497. The van der Waals surface area contributed by atoms with Gasteiger partial charge in [-0.25, -0.2) is 0 Å². The highest BCUT2D eigenvalue weighted by molar-refractivity contribution is 4.85. The Labute approximate surface area is 59.9 Å². The van der Waals surface area contributed by atoms with Gasteiger partial charge in [0.2, 0.25) is 0 Å². The molecule has 0 fully saturated rings. The molecule has 0 aliphatic rings. The normalized spacial score (nSPS) is 8.00. The topological polar surface area (TPSA) is 25.8 Å². The largest absolute Gasteiger partial charge is 0.265 e. The van der Waals surface area contributed by atoms with E-state index in [1.54, 1.807) is 24.8 Å². The van der Waals surface area contributed by atoms with E-state index in [1.807, 2.05) is 24.3 Å². The van der Waals surface area contributed by atoms with Gasteiger partial charge in [-0.3, -0.25) is 9.97 Å². The van der Waals surface area contributed by atoms with Gasteiger partial charge in [-0.1, -0.05) is 0 Å². The lowest BCUT2D eigenvalue weighted by Crippen LogP contribution is -1.60. The van der Waals surface area contributed by atoms with Crippen LogP contribution in [0.2, 0.25) is 0 Å². The van der Waals surface area contributed by atoms with Crippen molar-refractivity contribution >= 4 is 0 Å². The van der Waals surface area contributed by atoms with Gasteiger partial charge in [-0.05, 0) is 24.3 Å². The second-order valence-corrected chi connectivity index (χ2v) is 1.66. The first kappa shape index (κ1) is 6.68. The monoisotopic (exact) mass is 132 g/mol. The van der Waals surface area contributed by atoms with E-state index in [2.05, 4.69) is 9.97 Å². The van der Waals surface area contributed by atoms with E-state index in [0.717, 1.165) is 0 Å². The molecule has 0 saturated heterocycles. The van der Waals surface area contributed by atoms with Crippen molar-refractivity contribution in [1.82, 2.24) is 9.97 Å². The number of aromatic nitrogens is 2. The summed E-state index contributed by atoms with van der Waals surface area (Å²) in [5.41, 5.74) is 0. The molecule has 0 N–H and O–H groups in total. The van der Waals surface area contributed by atoms with Gasteiger partial charge in [0.15, 0.2) is 0 Å². The highest BCUT2D eigenvalue weighted by Crippen LogP contribution is 1.72. The molecular weight excluding hydrogens is 124 g/mol. The summed E-state index contributed by atoms with van der Waals surface area (Å²) >= 11 is 0. The molecule has 0 atom stereocenters. The van der Waals surface area contributed by atoms with Gasteiger partial charge >= 0.3 is 0 Å². The average molecular weight is 132 g/mol. The first-order chi connectivity index (χ1) is 5.00. The van der Waals surface area contributed by atoms with Crippen LogP contribution in [0, 0.1) is 0 Å². The van der Waals surface area contributed by atoms with Crippen molar-refractivity contribution in [3.63, 3.8) is 0 Å². The summed E-state index contributed by atoms with van der Waals surface area (Å²) in [6.45, 7) is 0. The van der Waals surface area contributed by atoms with Crippen LogP contribution in [-0.2, 0) is 0 Å². The number of nitrogens with zero attached hydrogens (tertiary/aromatic N) is 2. The van der Waals surface area contributed by atoms with Crippen molar-refractivity contribution in [2.24, 2.45) is 0 Å². The second kappa shape index (κ2) is 4.44. The van der Waals surface area contributed by atoms with Crippen LogP contribution >= 0.6 is 0 Å². The van der Waals surface area contributed by atoms with Crippen LogP contribution in [0.3, 0.4) is 0 Å². The summed E-state index contributed by atoms with van der Waals surface area (Å²) in [6, 6.07) is 7.31. The SMILES string of the molecule is c1ccnccccnc1. The third kappa shape index (κ3) is 2.77. The van der Waals surface area contributed by atoms with Crippen molar-refractivity contribution in [3.8, 4) is 0 Å². The summed E-state index contributed by atoms with van der Waals surface area (Å²) in [6.07, 6.45) is 6.84. The van der Waals surface area contributed by atoms with Gasteiger partial charge in [-0.15, -0.1) is 0 Å². The van der Waals surface area contributed by atoms with Gasteiger partial charge in [-0.2, -0.15) is 0 Å². The predicted molar refractivity (Wildman–Crippen MR) is 39.7 cm³/mol. The summed E-state index contributed by atoms with van der Waals surface area (Å²) in [4.78, 5) is 7.85. The van der Waals surface area contributed by atoms with Crippen LogP contribution in [0.1, 0.15) is 0 Å². The van der Waals surface area contributed by atoms with E-state index in [9.17, 15) is 0 Å². The standard InChI is InChI=1S/C8H8N2/c1-2-6-10-8-4-3-7-9-5-1/h1-8H. The Morgan fingerprint density at radius 2 is 0.800 bits per heavy atom. The molecule has 1 aromatic rings. The Hall–Kier alpha value is -1.44. The molecule has 0 amide bonds. The van der Waals surface area contributed by atoms with Crippen LogP contribution in [0.25, 0.3) is 0 Å². The molecule has 0 unspecified atom stereocenters. The Kier molecular flexibility index (Phi) is 2.96. The molecule has 0 aliphatic heterocycles. The summed E-state index contributed by atoms with van der Waals surface area (Å²) in [5.74, 6) is 0. The zero-order valence-corrected chi connectivity index (χ0v) is 5.51. The van der Waals surface area contributed by atoms with Crippen molar-refractivity contribution in [1.29, 1.82) is 0 Å². The van der Waals surface area contributed by atoms with Crippen LogP contribution < -0.4 is 0 Å². The molecule has 10 heavy (non-hydrogen) atoms. The van der Waals surface area contributed by atoms with E-state index in [-0.39, 0.29) is 0 Å². The Bertz CT molecular complexity index is 146. The molecule has 2 heteroatoms. The lowest BCUT2D eigenvalue weighted by atomic mass is 10.6. The quantitative estimate of drug-likeness (QED) is 0.535. The molecule has 1 heterocycles. The van der Waals surface area contributed by atoms with Crippen molar-refractivity contribution in [3.05, 3.63) is 49.1 Å². The maximum atomic E-state index is 3.93. The summed E-state index contributed by atoms with van der Waals surface area (Å²) < 4.78 is 0. The minimum atomic E-state index is 1.71. The Balaban J connectivity index is 3.00. The molecule has 0 radical (unpaired) electrons. The van der Waals surface area contributed by atoms with Crippen LogP contribution in [0.15, 0.2) is 49.1 Å². The third-order valence-electron chi connectivity index (χ3n) is 0.911. The Morgan fingerprint density at radius 1 is 0.500 bits per heavy atom. The van der Waals surface area contributed by atoms with Crippen molar-refractivity contribution in [2.45, 2.75) is 0 Å². The maximum absolute atomic E-state index is 3.93. The fourth-order valence-electron chi connectivity index (χ4n) is 0.497. The molecule has 50 valence electrons. The molecule has 0 saturated carbocycles. The van der Waals surface area contributed by atoms with E-state index >= 15 is 0 Å². The van der Waals surface area contributed by atoms with Crippen LogP contribution in [0.5, 0.6) is 0 Å². The smallest absolute Gasteiger partial charge is 0.0268 e. The molecule has 2 nitrogen and oxygen atoms in total. The molecule has 0 bridgehead atoms. The Morgan fingerprint density at radius 3 is 1.10 bits per heavy atom. The summed E-state index contributed by atoms with van der Waals surface area (Å²) in [7, 11) is 0. The van der Waals surface area contributed by atoms with Gasteiger partial charge in [0.1, 0.15) is 0 Å². The minimum Gasteiger partial charge on any atom is -0.265 e. The molecule has 1 aromatic heterocycles. The third-order valence-corrected chi connectivity index (χ3v) is 0.911. The number of rotatable bonds is 0. The first-order valence-electron chi connectivity index (χ1n) is 3.03. The van der Waals surface area contributed by atoms with Gasteiger partial charge in [0.25, 0.3) is 0 Å². The zero-order chi connectivity index (χ0) is 7.07. The predicted octanol–water partition coefficient (Wildman–Crippen LogP) is 1.60. The van der Waals surface area contributed by atoms with E-state index in [0.29, 0.717) is 0 Å². The molecule has 0 aromatic carbocycles. The van der Waals surface area contributed by atoms with Gasteiger partial charge < -0.3 is 0 Å².